The molecule has 10 nitrogen and oxygen atoms in total. The Morgan fingerprint density at radius 3 is 2.71 bits per heavy atom. The lowest BCUT2D eigenvalue weighted by Gasteiger charge is -2.22. The van der Waals surface area contributed by atoms with E-state index < -0.39 is 22.1 Å². The summed E-state index contributed by atoms with van der Waals surface area (Å²) in [5.74, 6) is -0.561. The predicted octanol–water partition coefficient (Wildman–Crippen LogP) is 1.50. The predicted molar refractivity (Wildman–Crippen MR) is 119 cm³/mol. The molecular formula is C19H32FN7O3S. The second-order valence-electron chi connectivity index (χ2n) is 7.74. The Labute approximate surface area is 182 Å². The topological polar surface area (TPSA) is 124 Å². The summed E-state index contributed by atoms with van der Waals surface area (Å²) in [6.45, 7) is 8.69. The van der Waals surface area contributed by atoms with Crippen LogP contribution in [0.15, 0.2) is 6.33 Å². The Kier molecular flexibility index (Phi) is 7.35. The fourth-order valence-corrected chi connectivity index (χ4v) is 5.06. The van der Waals surface area contributed by atoms with Crippen LogP contribution < -0.4 is 15.4 Å². The quantitative estimate of drug-likeness (QED) is 0.426. The number of halogens is 1. The maximum atomic E-state index is 15.5. The van der Waals surface area contributed by atoms with Crippen LogP contribution in [0.2, 0.25) is 0 Å². The number of fused-ring (bicyclic) bond motifs is 1. The molecule has 2 aromatic rings. The molecule has 3 rings (SSSR count). The lowest BCUT2D eigenvalue weighted by atomic mass is 10.1. The first-order chi connectivity index (χ1) is 14.7. The Bertz CT molecular complexity index is 1010. The summed E-state index contributed by atoms with van der Waals surface area (Å²) in [5.41, 5.74) is 1.10. The van der Waals surface area contributed by atoms with Crippen molar-refractivity contribution in [2.24, 2.45) is 0 Å². The molecule has 12 heteroatoms. The van der Waals surface area contributed by atoms with Gasteiger partial charge >= 0.3 is 0 Å². The summed E-state index contributed by atoms with van der Waals surface area (Å²) in [6.07, 6.45) is 2.05. The van der Waals surface area contributed by atoms with Crippen molar-refractivity contribution in [1.29, 1.82) is 0 Å². The first-order valence-electron chi connectivity index (χ1n) is 10.7. The first-order valence-corrected chi connectivity index (χ1v) is 12.2. The van der Waals surface area contributed by atoms with Crippen molar-refractivity contribution in [3.05, 3.63) is 12.1 Å². The van der Waals surface area contributed by atoms with Crippen LogP contribution in [0.25, 0.3) is 11.2 Å². The van der Waals surface area contributed by atoms with Crippen molar-refractivity contribution < 1.29 is 17.9 Å². The highest BCUT2D eigenvalue weighted by molar-refractivity contribution is 7.87. The molecule has 0 unspecified atom stereocenters. The monoisotopic (exact) mass is 457 g/mol. The third-order valence-corrected chi connectivity index (χ3v) is 7.21. The standard InChI is InChI=1S/C19H32FN7O3S/c1-5-14(12(4)28)24-18-15(20)16(17-19(25-18)26(7-3)11-21-17)23-13-8-9-27(10-13)31(29,30)22-6-2/h11-14,22,28H,5-10H2,1-4H3,(H2,23,24,25)/t12-,13+,14+/m1/s1. The van der Waals surface area contributed by atoms with E-state index in [0.29, 0.717) is 43.6 Å². The normalized spacial score (nSPS) is 19.6. The number of aliphatic hydroxyl groups excluding tert-OH is 1. The minimum Gasteiger partial charge on any atom is -0.391 e. The zero-order valence-electron chi connectivity index (χ0n) is 18.4. The van der Waals surface area contributed by atoms with E-state index in [4.69, 9.17) is 0 Å². The molecule has 0 aromatic carbocycles. The third kappa shape index (κ3) is 4.92. The van der Waals surface area contributed by atoms with Crippen molar-refractivity contribution in [1.82, 2.24) is 23.6 Å². The minimum atomic E-state index is -3.55. The van der Waals surface area contributed by atoms with E-state index in [2.05, 4.69) is 25.3 Å². The van der Waals surface area contributed by atoms with E-state index in [1.165, 1.54) is 4.31 Å². The van der Waals surface area contributed by atoms with Crippen LogP contribution >= 0.6 is 0 Å². The maximum Gasteiger partial charge on any atom is 0.279 e. The van der Waals surface area contributed by atoms with Crippen LogP contribution in [-0.2, 0) is 16.8 Å². The molecule has 0 bridgehead atoms. The number of imidazole rings is 1. The third-order valence-electron chi connectivity index (χ3n) is 5.54. The Hall–Kier alpha value is -2.02. The molecule has 1 fully saturated rings. The number of nitrogens with zero attached hydrogens (tertiary/aromatic N) is 4. The number of anilines is 2. The van der Waals surface area contributed by atoms with Gasteiger partial charge in [-0.3, -0.25) is 0 Å². The van der Waals surface area contributed by atoms with E-state index >= 15 is 4.39 Å². The number of rotatable bonds is 10. The zero-order chi connectivity index (χ0) is 22.8. The molecule has 1 aliphatic rings. The van der Waals surface area contributed by atoms with E-state index in [1.54, 1.807) is 20.2 Å². The number of hydrogen-bond donors (Lipinski definition) is 4. The van der Waals surface area contributed by atoms with Gasteiger partial charge in [-0.15, -0.1) is 0 Å². The van der Waals surface area contributed by atoms with E-state index in [0.717, 1.165) is 0 Å². The second-order valence-corrected chi connectivity index (χ2v) is 9.50. The Morgan fingerprint density at radius 2 is 2.10 bits per heavy atom. The number of hydrogen-bond acceptors (Lipinski definition) is 7. The number of nitrogens with one attached hydrogen (secondary N) is 3. The molecule has 0 amide bonds. The van der Waals surface area contributed by atoms with Crippen LogP contribution in [0.1, 0.15) is 40.5 Å². The highest BCUT2D eigenvalue weighted by Crippen LogP contribution is 2.31. The molecule has 0 radical (unpaired) electrons. The molecule has 0 spiro atoms. The van der Waals surface area contributed by atoms with Gasteiger partial charge in [-0.05, 0) is 26.7 Å². The molecule has 1 aliphatic heterocycles. The Balaban J connectivity index is 1.94. The summed E-state index contributed by atoms with van der Waals surface area (Å²) in [6, 6.07) is -0.635. The van der Waals surface area contributed by atoms with Crippen LogP contribution in [0.4, 0.5) is 15.9 Å². The summed E-state index contributed by atoms with van der Waals surface area (Å²) >= 11 is 0. The largest absolute Gasteiger partial charge is 0.391 e. The summed E-state index contributed by atoms with van der Waals surface area (Å²) in [5, 5.41) is 16.2. The van der Waals surface area contributed by atoms with Gasteiger partial charge in [0.1, 0.15) is 11.2 Å². The number of aliphatic hydroxyl groups is 1. The number of aromatic nitrogens is 3. The van der Waals surface area contributed by atoms with Crippen LogP contribution in [0.3, 0.4) is 0 Å². The van der Waals surface area contributed by atoms with Gasteiger partial charge in [0.2, 0.25) is 0 Å². The van der Waals surface area contributed by atoms with Gasteiger partial charge in [0.05, 0.1) is 18.5 Å². The lowest BCUT2D eigenvalue weighted by molar-refractivity contribution is 0.169. The molecule has 3 heterocycles. The molecule has 2 aromatic heterocycles. The van der Waals surface area contributed by atoms with Crippen LogP contribution in [0.5, 0.6) is 0 Å². The van der Waals surface area contributed by atoms with Crippen molar-refractivity contribution >= 4 is 32.9 Å². The van der Waals surface area contributed by atoms with E-state index in [9.17, 15) is 13.5 Å². The van der Waals surface area contributed by atoms with Gasteiger partial charge in [-0.25, -0.2) is 19.1 Å². The van der Waals surface area contributed by atoms with E-state index in [1.807, 2.05) is 18.4 Å². The number of pyridine rings is 1. The molecule has 31 heavy (non-hydrogen) atoms. The fraction of sp³-hybridized carbons (Fsp3) is 0.684. The van der Waals surface area contributed by atoms with Crippen LogP contribution in [-0.4, -0.2) is 70.2 Å². The number of aryl methyl sites for hydroxylation is 1. The fourth-order valence-electron chi connectivity index (χ4n) is 3.79. The molecule has 4 N–H and O–H groups in total. The Morgan fingerprint density at radius 1 is 1.35 bits per heavy atom. The minimum absolute atomic E-state index is 0.0353. The van der Waals surface area contributed by atoms with Gasteiger partial charge in [0.15, 0.2) is 17.3 Å². The zero-order valence-corrected chi connectivity index (χ0v) is 19.2. The molecule has 1 saturated heterocycles. The van der Waals surface area contributed by atoms with Gasteiger partial charge in [0, 0.05) is 32.2 Å². The van der Waals surface area contributed by atoms with Crippen molar-refractivity contribution in [2.45, 2.75) is 65.3 Å². The van der Waals surface area contributed by atoms with Gasteiger partial charge in [-0.2, -0.15) is 12.7 Å². The lowest BCUT2D eigenvalue weighted by Crippen LogP contribution is -2.40. The molecule has 0 aliphatic carbocycles. The summed E-state index contributed by atoms with van der Waals surface area (Å²) in [7, 11) is -3.55. The van der Waals surface area contributed by atoms with Crippen molar-refractivity contribution in [3.63, 3.8) is 0 Å². The average Bonchev–Trinajstić information content (AvgIpc) is 3.35. The average molecular weight is 458 g/mol. The molecule has 0 saturated carbocycles. The summed E-state index contributed by atoms with van der Waals surface area (Å²) < 4.78 is 45.7. The molecule has 174 valence electrons. The van der Waals surface area contributed by atoms with Crippen LogP contribution in [0, 0.1) is 5.82 Å². The SMILES string of the molecule is CCNS(=O)(=O)N1CC[C@H](Nc2c(F)c(N[C@@H](CC)[C@@H](C)O)nc3c2ncn3CC)C1. The highest BCUT2D eigenvalue weighted by Gasteiger charge is 2.32. The maximum absolute atomic E-state index is 15.5. The molecular weight excluding hydrogens is 425 g/mol. The first kappa shape index (κ1) is 23.6. The van der Waals surface area contributed by atoms with Crippen molar-refractivity contribution in [3.8, 4) is 0 Å². The van der Waals surface area contributed by atoms with Gasteiger partial charge < -0.3 is 20.3 Å². The van der Waals surface area contributed by atoms with Crippen molar-refractivity contribution in [2.75, 3.05) is 30.3 Å². The highest BCUT2D eigenvalue weighted by atomic mass is 32.2. The molecule has 3 atom stereocenters. The van der Waals surface area contributed by atoms with Gasteiger partial charge in [0.25, 0.3) is 10.2 Å². The van der Waals surface area contributed by atoms with E-state index in [-0.39, 0.29) is 30.1 Å². The smallest absolute Gasteiger partial charge is 0.279 e. The summed E-state index contributed by atoms with van der Waals surface area (Å²) in [4.78, 5) is 8.78. The second kappa shape index (κ2) is 9.63. The van der Waals surface area contributed by atoms with Gasteiger partial charge in [-0.1, -0.05) is 13.8 Å².